The van der Waals surface area contributed by atoms with Crippen LogP contribution in [0.1, 0.15) is 42.1 Å². The zero-order valence-corrected chi connectivity index (χ0v) is 17.7. The van der Waals surface area contributed by atoms with Crippen molar-refractivity contribution in [2.75, 3.05) is 26.7 Å². The third kappa shape index (κ3) is 5.17. The number of amides is 2. The van der Waals surface area contributed by atoms with Gasteiger partial charge in [0, 0.05) is 31.1 Å². The molecule has 0 radical (unpaired) electrons. The van der Waals surface area contributed by atoms with Gasteiger partial charge in [0.25, 0.3) is 5.91 Å². The minimum absolute atomic E-state index is 0.0602. The third-order valence-electron chi connectivity index (χ3n) is 5.60. The van der Waals surface area contributed by atoms with Crippen LogP contribution in [0.4, 0.5) is 4.39 Å². The lowest BCUT2D eigenvalue weighted by atomic mass is 9.88. The summed E-state index contributed by atoms with van der Waals surface area (Å²) in [4.78, 5) is 27.7. The summed E-state index contributed by atoms with van der Waals surface area (Å²) in [6.07, 6.45) is 0.897. The van der Waals surface area contributed by atoms with Gasteiger partial charge in [0.1, 0.15) is 11.6 Å². The topological polar surface area (TPSA) is 58.6 Å². The highest BCUT2D eigenvalue weighted by molar-refractivity contribution is 5.95. The molecule has 2 atom stereocenters. The van der Waals surface area contributed by atoms with Crippen LogP contribution in [-0.2, 0) is 4.79 Å². The molecule has 1 aliphatic rings. The van der Waals surface area contributed by atoms with Crippen LogP contribution < -0.4 is 10.1 Å². The number of ether oxygens (including phenoxy) is 1. The van der Waals surface area contributed by atoms with Gasteiger partial charge in [-0.1, -0.05) is 26.0 Å². The Kier molecular flexibility index (Phi) is 7.08. The fraction of sp³-hybridized carbons (Fsp3) is 0.417. The Morgan fingerprint density at radius 1 is 1.10 bits per heavy atom. The van der Waals surface area contributed by atoms with Crippen molar-refractivity contribution in [3.63, 3.8) is 0 Å². The van der Waals surface area contributed by atoms with Crippen molar-refractivity contribution in [2.24, 2.45) is 11.8 Å². The smallest absolute Gasteiger partial charge is 0.253 e. The fourth-order valence-electron chi connectivity index (χ4n) is 3.81. The molecule has 0 bridgehead atoms. The summed E-state index contributed by atoms with van der Waals surface area (Å²) in [7, 11) is 1.58. The van der Waals surface area contributed by atoms with Gasteiger partial charge in [0.2, 0.25) is 5.91 Å². The molecular weight excluding hydrogens is 383 g/mol. The van der Waals surface area contributed by atoms with E-state index >= 15 is 0 Å². The first-order chi connectivity index (χ1) is 14.4. The lowest BCUT2D eigenvalue weighted by Crippen LogP contribution is -2.36. The molecule has 2 aromatic carbocycles. The highest BCUT2D eigenvalue weighted by Crippen LogP contribution is 2.34. The number of carbonyl (C=O) groups is 2. The van der Waals surface area contributed by atoms with E-state index in [1.54, 1.807) is 48.4 Å². The van der Waals surface area contributed by atoms with Gasteiger partial charge in [-0.15, -0.1) is 0 Å². The number of hydrogen-bond donors (Lipinski definition) is 1. The van der Waals surface area contributed by atoms with E-state index in [0.29, 0.717) is 36.9 Å². The van der Waals surface area contributed by atoms with Crippen molar-refractivity contribution >= 4 is 11.8 Å². The molecular formula is C24H29FN2O3. The number of benzene rings is 2. The second-order valence-corrected chi connectivity index (χ2v) is 8.18. The summed E-state index contributed by atoms with van der Waals surface area (Å²) in [6, 6.07) is 13.2. The maximum atomic E-state index is 13.4. The van der Waals surface area contributed by atoms with Crippen LogP contribution in [0.5, 0.6) is 5.75 Å². The Morgan fingerprint density at radius 2 is 1.77 bits per heavy atom. The summed E-state index contributed by atoms with van der Waals surface area (Å²) in [5, 5.41) is 3.01. The van der Waals surface area contributed by atoms with Crippen LogP contribution in [0, 0.1) is 17.7 Å². The minimum Gasteiger partial charge on any atom is -0.497 e. The lowest BCUT2D eigenvalue weighted by molar-refractivity contribution is -0.124. The predicted octanol–water partition coefficient (Wildman–Crippen LogP) is 3.85. The molecule has 0 aromatic heterocycles. The number of methoxy groups -OCH3 is 1. The minimum atomic E-state index is -0.371. The molecule has 5 nitrogen and oxygen atoms in total. The second-order valence-electron chi connectivity index (χ2n) is 8.18. The monoisotopic (exact) mass is 412 g/mol. The van der Waals surface area contributed by atoms with E-state index in [2.05, 4.69) is 19.2 Å². The van der Waals surface area contributed by atoms with Gasteiger partial charge in [-0.3, -0.25) is 9.59 Å². The lowest BCUT2D eigenvalue weighted by Gasteiger charge is -2.18. The number of nitrogens with one attached hydrogen (secondary N) is 1. The summed E-state index contributed by atoms with van der Waals surface area (Å²) in [5.41, 5.74) is 1.42. The standard InChI is InChI=1S/C24H29FN2O3/c1-16(2)12-13-26-23(28)22-15-27(14-21(22)17-4-8-19(25)9-5-17)24(29)18-6-10-20(30-3)11-7-18/h4-11,16,21-22H,12-15H2,1-3H3,(H,26,28). The Hall–Kier alpha value is -2.89. The average Bonchev–Trinajstić information content (AvgIpc) is 3.19. The third-order valence-corrected chi connectivity index (χ3v) is 5.60. The molecule has 2 unspecified atom stereocenters. The fourth-order valence-corrected chi connectivity index (χ4v) is 3.81. The Balaban J connectivity index is 1.78. The molecule has 0 spiro atoms. The number of hydrogen-bond acceptors (Lipinski definition) is 3. The van der Waals surface area contributed by atoms with Crippen molar-refractivity contribution in [2.45, 2.75) is 26.2 Å². The van der Waals surface area contributed by atoms with E-state index < -0.39 is 0 Å². The van der Waals surface area contributed by atoms with Crippen LogP contribution >= 0.6 is 0 Å². The van der Waals surface area contributed by atoms with E-state index in [1.165, 1.54) is 12.1 Å². The molecule has 3 rings (SSSR count). The average molecular weight is 413 g/mol. The van der Waals surface area contributed by atoms with Crippen LogP contribution in [0.2, 0.25) is 0 Å². The molecule has 1 saturated heterocycles. The van der Waals surface area contributed by atoms with Gasteiger partial charge < -0.3 is 15.0 Å². The first-order valence-electron chi connectivity index (χ1n) is 10.4. The van der Waals surface area contributed by atoms with Crippen LogP contribution in [0.15, 0.2) is 48.5 Å². The van der Waals surface area contributed by atoms with Crippen molar-refractivity contribution in [1.82, 2.24) is 10.2 Å². The van der Waals surface area contributed by atoms with Crippen LogP contribution in [0.3, 0.4) is 0 Å². The van der Waals surface area contributed by atoms with Crippen LogP contribution in [0.25, 0.3) is 0 Å². The number of nitrogens with zero attached hydrogens (tertiary/aromatic N) is 1. The molecule has 1 heterocycles. The largest absolute Gasteiger partial charge is 0.497 e. The second kappa shape index (κ2) is 9.74. The molecule has 1 fully saturated rings. The zero-order chi connectivity index (χ0) is 21.7. The Labute approximate surface area is 177 Å². The quantitative estimate of drug-likeness (QED) is 0.752. The first kappa shape index (κ1) is 21.8. The maximum Gasteiger partial charge on any atom is 0.253 e. The zero-order valence-electron chi connectivity index (χ0n) is 17.7. The van der Waals surface area contributed by atoms with E-state index in [9.17, 15) is 14.0 Å². The highest BCUT2D eigenvalue weighted by Gasteiger charge is 2.40. The molecule has 1 aliphatic heterocycles. The van der Waals surface area contributed by atoms with Crippen LogP contribution in [-0.4, -0.2) is 43.5 Å². The first-order valence-corrected chi connectivity index (χ1v) is 10.4. The normalized spacial score (nSPS) is 18.5. The molecule has 0 aliphatic carbocycles. The Bertz CT molecular complexity index is 865. The van der Waals surface area contributed by atoms with E-state index in [4.69, 9.17) is 4.74 Å². The summed E-state index contributed by atoms with van der Waals surface area (Å²) in [6.45, 7) is 5.57. The van der Waals surface area contributed by atoms with Gasteiger partial charge >= 0.3 is 0 Å². The van der Waals surface area contributed by atoms with Gasteiger partial charge in [0.15, 0.2) is 0 Å². The molecule has 6 heteroatoms. The summed E-state index contributed by atoms with van der Waals surface area (Å²) >= 11 is 0. The van der Waals surface area contributed by atoms with E-state index in [0.717, 1.165) is 12.0 Å². The maximum absolute atomic E-state index is 13.4. The molecule has 30 heavy (non-hydrogen) atoms. The highest BCUT2D eigenvalue weighted by atomic mass is 19.1. The molecule has 160 valence electrons. The molecule has 1 N–H and O–H groups in total. The number of rotatable bonds is 7. The van der Waals surface area contributed by atoms with Gasteiger partial charge in [-0.25, -0.2) is 4.39 Å². The molecule has 2 aromatic rings. The molecule has 2 amide bonds. The predicted molar refractivity (Wildman–Crippen MR) is 114 cm³/mol. The van der Waals surface area contributed by atoms with E-state index in [1.807, 2.05) is 0 Å². The van der Waals surface area contributed by atoms with Crippen molar-refractivity contribution in [3.05, 3.63) is 65.5 Å². The van der Waals surface area contributed by atoms with Crippen molar-refractivity contribution < 1.29 is 18.7 Å². The SMILES string of the molecule is COc1ccc(C(=O)N2CC(C(=O)NCCC(C)C)C(c3ccc(F)cc3)C2)cc1. The summed E-state index contributed by atoms with van der Waals surface area (Å²) in [5.74, 6) is 0.129. The molecule has 0 saturated carbocycles. The number of likely N-dealkylation sites (tertiary alicyclic amines) is 1. The van der Waals surface area contributed by atoms with E-state index in [-0.39, 0.29) is 29.5 Å². The summed E-state index contributed by atoms with van der Waals surface area (Å²) < 4.78 is 18.6. The van der Waals surface area contributed by atoms with Crippen molar-refractivity contribution in [3.8, 4) is 5.75 Å². The van der Waals surface area contributed by atoms with Crippen molar-refractivity contribution in [1.29, 1.82) is 0 Å². The van der Waals surface area contributed by atoms with Gasteiger partial charge in [0.05, 0.1) is 13.0 Å². The number of halogens is 1. The Morgan fingerprint density at radius 3 is 2.37 bits per heavy atom. The van der Waals surface area contributed by atoms with Gasteiger partial charge in [-0.2, -0.15) is 0 Å². The van der Waals surface area contributed by atoms with Gasteiger partial charge in [-0.05, 0) is 54.3 Å². The number of carbonyl (C=O) groups excluding carboxylic acids is 2.